The summed E-state index contributed by atoms with van der Waals surface area (Å²) in [6.07, 6.45) is 3.40. The van der Waals surface area contributed by atoms with Gasteiger partial charge in [0.1, 0.15) is 6.10 Å². The highest BCUT2D eigenvalue weighted by Crippen LogP contribution is 2.09. The third kappa shape index (κ3) is 3.48. The van der Waals surface area contributed by atoms with Gasteiger partial charge in [-0.2, -0.15) is 0 Å². The first-order chi connectivity index (χ1) is 7.65. The van der Waals surface area contributed by atoms with E-state index in [9.17, 15) is 4.79 Å². The van der Waals surface area contributed by atoms with Crippen LogP contribution >= 0.6 is 0 Å². The fraction of sp³-hybridized carbons (Fsp3) is 0.214. The van der Waals surface area contributed by atoms with E-state index < -0.39 is 0 Å². The van der Waals surface area contributed by atoms with E-state index in [2.05, 4.69) is 6.58 Å². The van der Waals surface area contributed by atoms with Gasteiger partial charge in [-0.3, -0.25) is 4.79 Å². The van der Waals surface area contributed by atoms with E-state index in [-0.39, 0.29) is 11.9 Å². The number of carbonyl (C=O) groups excluding carboxylic acids is 1. The summed E-state index contributed by atoms with van der Waals surface area (Å²) in [7, 11) is 1.56. The largest absolute Gasteiger partial charge is 0.373 e. The molecule has 84 valence electrons. The Morgan fingerprint density at radius 1 is 1.38 bits per heavy atom. The summed E-state index contributed by atoms with van der Waals surface area (Å²) in [4.78, 5) is 11.1. The number of hydrogen-bond acceptors (Lipinski definition) is 2. The third-order valence-corrected chi connectivity index (χ3v) is 2.31. The molecular formula is C14H16O2. The van der Waals surface area contributed by atoms with Gasteiger partial charge in [0.25, 0.3) is 0 Å². The molecule has 16 heavy (non-hydrogen) atoms. The summed E-state index contributed by atoms with van der Waals surface area (Å²) < 4.78 is 5.19. The zero-order valence-corrected chi connectivity index (χ0v) is 9.64. The highest BCUT2D eigenvalue weighted by atomic mass is 16.5. The first-order valence-corrected chi connectivity index (χ1v) is 5.11. The predicted molar refractivity (Wildman–Crippen MR) is 66.1 cm³/mol. The van der Waals surface area contributed by atoms with Crippen molar-refractivity contribution < 1.29 is 9.53 Å². The van der Waals surface area contributed by atoms with Crippen LogP contribution in [0.3, 0.4) is 0 Å². The second-order valence-corrected chi connectivity index (χ2v) is 3.51. The van der Waals surface area contributed by atoms with E-state index in [1.54, 1.807) is 7.11 Å². The van der Waals surface area contributed by atoms with Crippen molar-refractivity contribution in [3.05, 3.63) is 54.1 Å². The number of carbonyl (C=O) groups is 1. The molecule has 0 radical (unpaired) electrons. The fourth-order valence-corrected chi connectivity index (χ4v) is 1.30. The topological polar surface area (TPSA) is 26.3 Å². The van der Waals surface area contributed by atoms with Crippen molar-refractivity contribution in [2.45, 2.75) is 13.0 Å². The van der Waals surface area contributed by atoms with Crippen LogP contribution in [0, 0.1) is 0 Å². The molecule has 1 aromatic rings. The molecule has 0 spiro atoms. The van der Waals surface area contributed by atoms with E-state index in [1.807, 2.05) is 42.5 Å². The van der Waals surface area contributed by atoms with Crippen LogP contribution < -0.4 is 0 Å². The van der Waals surface area contributed by atoms with Crippen LogP contribution in [0.15, 0.2) is 48.6 Å². The molecule has 0 saturated heterocycles. The van der Waals surface area contributed by atoms with Crippen LogP contribution in [0.25, 0.3) is 6.08 Å². The SMILES string of the molecule is C=C(C(C)=O)C(/C=C/c1ccccc1)OC. The quantitative estimate of drug-likeness (QED) is 0.707. The van der Waals surface area contributed by atoms with Crippen LogP contribution in [-0.2, 0) is 9.53 Å². The van der Waals surface area contributed by atoms with E-state index >= 15 is 0 Å². The minimum Gasteiger partial charge on any atom is -0.373 e. The Morgan fingerprint density at radius 2 is 2.00 bits per heavy atom. The van der Waals surface area contributed by atoms with Crippen molar-refractivity contribution in [1.82, 2.24) is 0 Å². The number of ether oxygens (including phenoxy) is 1. The zero-order chi connectivity index (χ0) is 12.0. The van der Waals surface area contributed by atoms with Gasteiger partial charge < -0.3 is 4.74 Å². The van der Waals surface area contributed by atoms with Crippen molar-refractivity contribution in [2.75, 3.05) is 7.11 Å². The normalized spacial score (nSPS) is 12.6. The van der Waals surface area contributed by atoms with Crippen LogP contribution in [0.5, 0.6) is 0 Å². The Hall–Kier alpha value is -1.67. The average molecular weight is 216 g/mol. The standard InChI is InChI=1S/C14H16O2/c1-11(12(2)15)14(16-3)10-9-13-7-5-4-6-8-13/h4-10,14H,1H2,2-3H3/b10-9+. The Bertz CT molecular complexity index is 390. The molecule has 0 aliphatic rings. The van der Waals surface area contributed by atoms with Gasteiger partial charge in [-0.05, 0) is 12.5 Å². The van der Waals surface area contributed by atoms with E-state index in [0.29, 0.717) is 5.57 Å². The van der Waals surface area contributed by atoms with Gasteiger partial charge in [-0.25, -0.2) is 0 Å². The lowest BCUT2D eigenvalue weighted by atomic mass is 10.1. The molecule has 1 aromatic carbocycles. The lowest BCUT2D eigenvalue weighted by Gasteiger charge is -2.11. The van der Waals surface area contributed by atoms with E-state index in [0.717, 1.165) is 5.56 Å². The maximum Gasteiger partial charge on any atom is 0.158 e. The minimum absolute atomic E-state index is 0.0513. The third-order valence-electron chi connectivity index (χ3n) is 2.31. The van der Waals surface area contributed by atoms with Crippen molar-refractivity contribution in [3.8, 4) is 0 Å². The second kappa shape index (κ2) is 6.03. The molecule has 2 nitrogen and oxygen atoms in total. The number of rotatable bonds is 5. The van der Waals surface area contributed by atoms with Crippen molar-refractivity contribution >= 4 is 11.9 Å². The van der Waals surface area contributed by atoms with Crippen LogP contribution in [0.2, 0.25) is 0 Å². The molecule has 1 rings (SSSR count). The van der Waals surface area contributed by atoms with Gasteiger partial charge in [0.05, 0.1) is 0 Å². The number of Topliss-reactive ketones (excluding diaryl/α,β-unsaturated/α-hetero) is 1. The number of methoxy groups -OCH3 is 1. The molecule has 0 aliphatic heterocycles. The van der Waals surface area contributed by atoms with E-state index in [1.165, 1.54) is 6.92 Å². The predicted octanol–water partition coefficient (Wildman–Crippen LogP) is 2.86. The summed E-state index contributed by atoms with van der Waals surface area (Å²) >= 11 is 0. The first-order valence-electron chi connectivity index (χ1n) is 5.11. The summed E-state index contributed by atoms with van der Waals surface area (Å²) in [6, 6.07) is 9.85. The monoisotopic (exact) mass is 216 g/mol. The molecular weight excluding hydrogens is 200 g/mol. The average Bonchev–Trinajstić information content (AvgIpc) is 2.30. The van der Waals surface area contributed by atoms with Crippen LogP contribution in [0.1, 0.15) is 12.5 Å². The van der Waals surface area contributed by atoms with E-state index in [4.69, 9.17) is 4.74 Å². The maximum absolute atomic E-state index is 11.1. The Kier molecular flexibility index (Phi) is 4.67. The van der Waals surface area contributed by atoms with Crippen molar-refractivity contribution in [1.29, 1.82) is 0 Å². The lowest BCUT2D eigenvalue weighted by molar-refractivity contribution is -0.114. The minimum atomic E-state index is -0.349. The van der Waals surface area contributed by atoms with Gasteiger partial charge >= 0.3 is 0 Å². The van der Waals surface area contributed by atoms with Crippen LogP contribution in [-0.4, -0.2) is 19.0 Å². The molecule has 0 N–H and O–H groups in total. The molecule has 0 aromatic heterocycles. The van der Waals surface area contributed by atoms with Crippen LogP contribution in [0.4, 0.5) is 0 Å². The highest BCUT2D eigenvalue weighted by molar-refractivity contribution is 5.94. The number of benzene rings is 1. The van der Waals surface area contributed by atoms with Gasteiger partial charge in [0.15, 0.2) is 5.78 Å². The molecule has 0 fully saturated rings. The molecule has 1 unspecified atom stereocenters. The van der Waals surface area contributed by atoms with Gasteiger partial charge in [-0.15, -0.1) is 0 Å². The Morgan fingerprint density at radius 3 is 2.50 bits per heavy atom. The fourth-order valence-electron chi connectivity index (χ4n) is 1.30. The molecule has 0 bridgehead atoms. The van der Waals surface area contributed by atoms with Crippen molar-refractivity contribution in [2.24, 2.45) is 0 Å². The van der Waals surface area contributed by atoms with Gasteiger partial charge in [0, 0.05) is 12.7 Å². The number of ketones is 1. The molecule has 0 amide bonds. The second-order valence-electron chi connectivity index (χ2n) is 3.51. The zero-order valence-electron chi connectivity index (χ0n) is 9.64. The smallest absolute Gasteiger partial charge is 0.158 e. The Labute approximate surface area is 96.2 Å². The molecule has 2 heteroatoms. The summed E-state index contributed by atoms with van der Waals surface area (Å²) in [5.74, 6) is -0.0513. The van der Waals surface area contributed by atoms with Crippen molar-refractivity contribution in [3.63, 3.8) is 0 Å². The number of hydrogen-bond donors (Lipinski definition) is 0. The first kappa shape index (κ1) is 12.4. The molecule has 0 aliphatic carbocycles. The lowest BCUT2D eigenvalue weighted by Crippen LogP contribution is -2.15. The summed E-state index contributed by atoms with van der Waals surface area (Å²) in [6.45, 7) is 5.20. The Balaban J connectivity index is 2.74. The van der Waals surface area contributed by atoms with Gasteiger partial charge in [-0.1, -0.05) is 49.1 Å². The highest BCUT2D eigenvalue weighted by Gasteiger charge is 2.11. The molecule has 0 heterocycles. The summed E-state index contributed by atoms with van der Waals surface area (Å²) in [5.41, 5.74) is 1.54. The molecule has 0 saturated carbocycles. The maximum atomic E-state index is 11.1. The summed E-state index contributed by atoms with van der Waals surface area (Å²) in [5, 5.41) is 0. The molecule has 1 atom stereocenters. The van der Waals surface area contributed by atoms with Gasteiger partial charge in [0.2, 0.25) is 0 Å².